The van der Waals surface area contributed by atoms with Crippen LogP contribution in [0.3, 0.4) is 0 Å². The molecule has 2 aromatic rings. The summed E-state index contributed by atoms with van der Waals surface area (Å²) >= 11 is 5.87. The van der Waals surface area contributed by atoms with Crippen LogP contribution in [0.2, 0.25) is 5.15 Å². The average molecular weight is 223 g/mol. The molecule has 0 saturated carbocycles. The maximum atomic E-state index is 10.9. The molecule has 0 aliphatic carbocycles. The lowest BCUT2D eigenvalue weighted by atomic mass is 10.4. The van der Waals surface area contributed by atoms with Crippen molar-refractivity contribution in [2.45, 2.75) is 0 Å². The summed E-state index contributed by atoms with van der Waals surface area (Å²) < 4.78 is 1.48. The van der Waals surface area contributed by atoms with E-state index < -0.39 is 5.97 Å². The summed E-state index contributed by atoms with van der Waals surface area (Å²) in [6, 6.07) is 6.56. The number of carboxylic acids is 1. The van der Waals surface area contributed by atoms with E-state index in [2.05, 4.69) is 4.98 Å². The highest BCUT2D eigenvalue weighted by Gasteiger charge is 2.12. The monoisotopic (exact) mass is 222 g/mol. The first kappa shape index (κ1) is 9.73. The molecule has 0 amide bonds. The summed E-state index contributed by atoms with van der Waals surface area (Å²) in [5, 5.41) is 9.20. The second-order valence-electron chi connectivity index (χ2n) is 2.88. The molecule has 76 valence electrons. The van der Waals surface area contributed by atoms with Gasteiger partial charge in [0.15, 0.2) is 5.15 Å². The molecule has 0 radical (unpaired) electrons. The van der Waals surface area contributed by atoms with Gasteiger partial charge in [0.05, 0.1) is 5.69 Å². The lowest BCUT2D eigenvalue weighted by Crippen LogP contribution is -2.06. The Bertz CT molecular complexity index is 508. The Kier molecular flexibility index (Phi) is 2.43. The zero-order chi connectivity index (χ0) is 10.8. The van der Waals surface area contributed by atoms with Crippen LogP contribution in [-0.4, -0.2) is 20.6 Å². The molecule has 5 heteroatoms. The fourth-order valence-corrected chi connectivity index (χ4v) is 1.53. The molecule has 0 aliphatic heterocycles. The normalized spacial score (nSPS) is 10.2. The largest absolute Gasteiger partial charge is 0.477 e. The van der Waals surface area contributed by atoms with E-state index in [4.69, 9.17) is 16.7 Å². The van der Waals surface area contributed by atoms with Crippen LogP contribution in [0.4, 0.5) is 0 Å². The number of aromatic nitrogens is 2. The fourth-order valence-electron chi connectivity index (χ4n) is 1.32. The Hall–Kier alpha value is -1.81. The van der Waals surface area contributed by atoms with Crippen LogP contribution in [0, 0.1) is 0 Å². The van der Waals surface area contributed by atoms with Crippen molar-refractivity contribution in [2.75, 3.05) is 0 Å². The summed E-state index contributed by atoms with van der Waals surface area (Å²) in [6.07, 6.45) is 3.18. The smallest absolute Gasteiger partial charge is 0.352 e. The topological polar surface area (TPSA) is 55.1 Å². The van der Waals surface area contributed by atoms with Crippen LogP contribution in [0.5, 0.6) is 0 Å². The number of halogens is 1. The van der Waals surface area contributed by atoms with E-state index in [1.807, 2.05) is 0 Å². The molecule has 0 bridgehead atoms. The third-order valence-corrected chi connectivity index (χ3v) is 2.26. The number of hydrogen-bond donors (Lipinski definition) is 1. The first-order chi connectivity index (χ1) is 7.20. The van der Waals surface area contributed by atoms with Gasteiger partial charge in [0.2, 0.25) is 0 Å². The van der Waals surface area contributed by atoms with E-state index in [0.717, 1.165) is 0 Å². The highest BCUT2D eigenvalue weighted by Crippen LogP contribution is 2.19. The SMILES string of the molecule is O=C(O)c1cccn1-c1cccnc1Cl. The van der Waals surface area contributed by atoms with Gasteiger partial charge in [0.1, 0.15) is 5.69 Å². The Labute approximate surface area is 90.8 Å². The number of hydrogen-bond acceptors (Lipinski definition) is 2. The van der Waals surface area contributed by atoms with Gasteiger partial charge in [0.25, 0.3) is 0 Å². The highest BCUT2D eigenvalue weighted by atomic mass is 35.5. The minimum absolute atomic E-state index is 0.157. The van der Waals surface area contributed by atoms with Crippen molar-refractivity contribution in [1.29, 1.82) is 0 Å². The summed E-state index contributed by atoms with van der Waals surface area (Å²) in [5.41, 5.74) is 0.714. The maximum Gasteiger partial charge on any atom is 0.352 e. The zero-order valence-corrected chi connectivity index (χ0v) is 8.35. The molecule has 0 spiro atoms. The molecule has 0 saturated heterocycles. The van der Waals surface area contributed by atoms with Crippen LogP contribution in [-0.2, 0) is 0 Å². The van der Waals surface area contributed by atoms with E-state index in [0.29, 0.717) is 5.69 Å². The van der Waals surface area contributed by atoms with Crippen LogP contribution < -0.4 is 0 Å². The number of aromatic carboxylic acids is 1. The molecular formula is C10H7ClN2O2. The molecule has 2 heterocycles. The number of pyridine rings is 1. The van der Waals surface area contributed by atoms with Crippen LogP contribution >= 0.6 is 11.6 Å². The Balaban J connectivity index is 2.59. The van der Waals surface area contributed by atoms with Crippen molar-refractivity contribution in [3.05, 3.63) is 47.5 Å². The summed E-state index contributed by atoms with van der Waals surface area (Å²) in [7, 11) is 0. The highest BCUT2D eigenvalue weighted by molar-refractivity contribution is 6.31. The number of carboxylic acid groups (broad SMARTS) is 1. The lowest BCUT2D eigenvalue weighted by Gasteiger charge is -2.06. The third-order valence-electron chi connectivity index (χ3n) is 1.97. The predicted molar refractivity (Wildman–Crippen MR) is 55.5 cm³/mol. The Morgan fingerprint density at radius 3 is 2.87 bits per heavy atom. The summed E-state index contributed by atoms with van der Waals surface area (Å²) in [4.78, 5) is 14.8. The van der Waals surface area contributed by atoms with Gasteiger partial charge >= 0.3 is 5.97 Å². The number of carbonyl (C=O) groups is 1. The van der Waals surface area contributed by atoms with Gasteiger partial charge in [-0.2, -0.15) is 0 Å². The molecule has 2 rings (SSSR count). The van der Waals surface area contributed by atoms with Crippen molar-refractivity contribution in [1.82, 2.24) is 9.55 Å². The van der Waals surface area contributed by atoms with Crippen molar-refractivity contribution in [3.63, 3.8) is 0 Å². The van der Waals surface area contributed by atoms with E-state index in [1.54, 1.807) is 30.6 Å². The minimum Gasteiger partial charge on any atom is -0.477 e. The zero-order valence-electron chi connectivity index (χ0n) is 7.59. The maximum absolute atomic E-state index is 10.9. The third kappa shape index (κ3) is 1.71. The molecule has 1 N–H and O–H groups in total. The van der Waals surface area contributed by atoms with Gasteiger partial charge < -0.3 is 9.67 Å². The molecular weight excluding hydrogens is 216 g/mol. The standard InChI is InChI=1S/C10H7ClN2O2/c11-9-7(3-1-5-12-9)13-6-2-4-8(13)10(14)15/h1-6H,(H,14,15). The summed E-state index contributed by atoms with van der Waals surface area (Å²) in [6.45, 7) is 0. The summed E-state index contributed by atoms with van der Waals surface area (Å²) in [5.74, 6) is -1.00. The van der Waals surface area contributed by atoms with E-state index in [-0.39, 0.29) is 10.8 Å². The molecule has 0 unspecified atom stereocenters. The van der Waals surface area contributed by atoms with Gasteiger partial charge in [-0.1, -0.05) is 11.6 Å². The van der Waals surface area contributed by atoms with Gasteiger partial charge in [-0.05, 0) is 24.3 Å². The van der Waals surface area contributed by atoms with E-state index >= 15 is 0 Å². The predicted octanol–water partition coefficient (Wildman–Crippen LogP) is 2.22. The molecule has 2 aromatic heterocycles. The fraction of sp³-hybridized carbons (Fsp3) is 0. The van der Waals surface area contributed by atoms with Crippen molar-refractivity contribution >= 4 is 17.6 Å². The molecule has 0 atom stereocenters. The van der Waals surface area contributed by atoms with Gasteiger partial charge in [0, 0.05) is 12.4 Å². The first-order valence-electron chi connectivity index (χ1n) is 4.21. The molecule has 15 heavy (non-hydrogen) atoms. The Morgan fingerprint density at radius 2 is 2.20 bits per heavy atom. The van der Waals surface area contributed by atoms with Gasteiger partial charge in [-0.3, -0.25) is 0 Å². The molecule has 0 aliphatic rings. The molecule has 0 fully saturated rings. The molecule has 4 nitrogen and oxygen atoms in total. The quantitative estimate of drug-likeness (QED) is 0.793. The number of rotatable bonds is 2. The van der Waals surface area contributed by atoms with Crippen LogP contribution in [0.25, 0.3) is 5.69 Å². The van der Waals surface area contributed by atoms with Crippen LogP contribution in [0.15, 0.2) is 36.7 Å². The van der Waals surface area contributed by atoms with Gasteiger partial charge in [-0.25, -0.2) is 9.78 Å². The average Bonchev–Trinajstić information content (AvgIpc) is 2.67. The van der Waals surface area contributed by atoms with Crippen molar-refractivity contribution in [3.8, 4) is 5.69 Å². The lowest BCUT2D eigenvalue weighted by molar-refractivity contribution is 0.0688. The second-order valence-corrected chi connectivity index (χ2v) is 3.24. The minimum atomic E-state index is -1.00. The van der Waals surface area contributed by atoms with Gasteiger partial charge in [-0.15, -0.1) is 0 Å². The molecule has 0 aromatic carbocycles. The van der Waals surface area contributed by atoms with Crippen LogP contribution in [0.1, 0.15) is 10.5 Å². The number of nitrogens with zero attached hydrogens (tertiary/aromatic N) is 2. The van der Waals surface area contributed by atoms with E-state index in [1.165, 1.54) is 10.6 Å². The Morgan fingerprint density at radius 1 is 1.40 bits per heavy atom. The first-order valence-corrected chi connectivity index (χ1v) is 4.59. The van der Waals surface area contributed by atoms with Crippen molar-refractivity contribution in [2.24, 2.45) is 0 Å². The second kappa shape index (κ2) is 3.74. The van der Waals surface area contributed by atoms with E-state index in [9.17, 15) is 4.79 Å². The van der Waals surface area contributed by atoms with Crippen molar-refractivity contribution < 1.29 is 9.90 Å².